The fraction of sp³-hybridized carbons (Fsp3) is 0.120. The summed E-state index contributed by atoms with van der Waals surface area (Å²) in [6, 6.07) is 27.9. The van der Waals surface area contributed by atoms with Crippen molar-refractivity contribution in [3.63, 3.8) is 0 Å². The largest absolute Gasteiger partial charge is 4.00 e. The molecule has 0 atom stereocenters. The van der Waals surface area contributed by atoms with Crippen LogP contribution in [0.15, 0.2) is 85.1 Å². The molecule has 0 aliphatic rings. The standard InChI is InChI=1S/C17H12N.C8H11.2ClH.Ti/c1-2-7-15-12-16(11-14(15)6-1)18-10-9-13-5-3-4-8-17(13)18;1-6-4-5-7(2)8(6)3;;;/h1-12H;4-5H,1-3H3;2*1H;/q2*-1;;;+4/p-2. The average molecular weight is 456 g/mol. The van der Waals surface area contributed by atoms with Gasteiger partial charge in [-0.05, 0) is 23.2 Å². The first-order valence-corrected chi connectivity index (χ1v) is 9.05. The predicted octanol–water partition coefficient (Wildman–Crippen LogP) is 0.839. The predicted molar refractivity (Wildman–Crippen MR) is 113 cm³/mol. The molecule has 0 bridgehead atoms. The number of hydrogen-bond acceptors (Lipinski definition) is 0. The van der Waals surface area contributed by atoms with Crippen LogP contribution in [-0.4, -0.2) is 4.57 Å². The molecule has 1 heterocycles. The van der Waals surface area contributed by atoms with Crippen molar-refractivity contribution >= 4 is 21.7 Å². The molecule has 5 rings (SSSR count). The van der Waals surface area contributed by atoms with Crippen LogP contribution in [0.1, 0.15) is 16.7 Å². The number of nitrogens with zero attached hydrogens (tertiary/aromatic N) is 1. The van der Waals surface area contributed by atoms with E-state index in [-0.39, 0.29) is 46.5 Å². The third-order valence-corrected chi connectivity index (χ3v) is 5.25. The van der Waals surface area contributed by atoms with E-state index in [4.69, 9.17) is 0 Å². The number of rotatable bonds is 1. The minimum Gasteiger partial charge on any atom is -1.00 e. The van der Waals surface area contributed by atoms with E-state index in [0.717, 1.165) is 0 Å². The molecule has 4 aromatic carbocycles. The van der Waals surface area contributed by atoms with Gasteiger partial charge < -0.3 is 29.4 Å². The SMILES string of the molecule is Cc1cc[c-](C)c1C.[Cl-].[Cl-].[Ti+4].c1ccc2[cH-]c(-n3ccc4ccccc43)cc2c1. The van der Waals surface area contributed by atoms with Crippen LogP contribution in [0, 0.1) is 20.8 Å². The zero-order valence-electron chi connectivity index (χ0n) is 16.8. The molecule has 0 spiro atoms. The minimum absolute atomic E-state index is 0. The summed E-state index contributed by atoms with van der Waals surface area (Å²) < 4.78 is 2.25. The van der Waals surface area contributed by atoms with Crippen molar-refractivity contribution in [3.05, 3.63) is 102 Å². The van der Waals surface area contributed by atoms with Gasteiger partial charge in [0.25, 0.3) is 0 Å². The van der Waals surface area contributed by atoms with Gasteiger partial charge in [-0.3, -0.25) is 0 Å². The van der Waals surface area contributed by atoms with Crippen molar-refractivity contribution in [2.45, 2.75) is 20.8 Å². The molecule has 0 unspecified atom stereocenters. The number of halogens is 2. The first kappa shape index (κ1) is 25.3. The summed E-state index contributed by atoms with van der Waals surface area (Å²) in [7, 11) is 0. The quantitative estimate of drug-likeness (QED) is 0.261. The molecule has 146 valence electrons. The molecule has 4 heteroatoms. The Bertz CT molecular complexity index is 1130. The van der Waals surface area contributed by atoms with E-state index in [9.17, 15) is 0 Å². The van der Waals surface area contributed by atoms with Crippen molar-refractivity contribution in [3.8, 4) is 5.69 Å². The molecular formula is C25H23Cl2NTi. The number of aromatic nitrogens is 1. The monoisotopic (exact) mass is 455 g/mol. The van der Waals surface area contributed by atoms with Crippen LogP contribution in [0.5, 0.6) is 0 Å². The van der Waals surface area contributed by atoms with Crippen LogP contribution in [0.25, 0.3) is 27.4 Å². The van der Waals surface area contributed by atoms with Crippen molar-refractivity contribution in [1.29, 1.82) is 0 Å². The van der Waals surface area contributed by atoms with Crippen molar-refractivity contribution in [2.24, 2.45) is 0 Å². The van der Waals surface area contributed by atoms with Gasteiger partial charge in [0.05, 0.1) is 5.52 Å². The molecule has 5 aromatic rings. The van der Waals surface area contributed by atoms with E-state index in [1.54, 1.807) is 0 Å². The van der Waals surface area contributed by atoms with Crippen LogP contribution in [0.3, 0.4) is 0 Å². The maximum Gasteiger partial charge on any atom is 4.00 e. The minimum atomic E-state index is 0. The fourth-order valence-electron chi connectivity index (χ4n) is 3.39. The normalized spacial score (nSPS) is 9.76. The fourth-order valence-corrected chi connectivity index (χ4v) is 3.39. The van der Waals surface area contributed by atoms with E-state index in [2.05, 4.69) is 110 Å². The van der Waals surface area contributed by atoms with Gasteiger partial charge in [0.1, 0.15) is 0 Å². The molecule has 0 saturated heterocycles. The zero-order chi connectivity index (χ0) is 18.1. The van der Waals surface area contributed by atoms with Crippen molar-refractivity contribution < 1.29 is 46.5 Å². The zero-order valence-corrected chi connectivity index (χ0v) is 19.9. The molecule has 0 radical (unpaired) electrons. The average Bonchev–Trinajstić information content (AvgIpc) is 3.35. The van der Waals surface area contributed by atoms with Gasteiger partial charge in [0.15, 0.2) is 0 Å². The summed E-state index contributed by atoms with van der Waals surface area (Å²) in [5, 5.41) is 3.87. The number of para-hydroxylation sites is 1. The number of hydrogen-bond donors (Lipinski definition) is 0. The molecule has 0 fully saturated rings. The molecule has 0 saturated carbocycles. The van der Waals surface area contributed by atoms with Gasteiger partial charge >= 0.3 is 21.7 Å². The van der Waals surface area contributed by atoms with E-state index >= 15 is 0 Å². The topological polar surface area (TPSA) is 4.93 Å². The van der Waals surface area contributed by atoms with Gasteiger partial charge in [-0.15, -0.1) is 41.1 Å². The second-order valence-electron chi connectivity index (χ2n) is 6.91. The summed E-state index contributed by atoms with van der Waals surface area (Å²) in [4.78, 5) is 0. The second kappa shape index (κ2) is 10.9. The van der Waals surface area contributed by atoms with Crippen LogP contribution in [0.4, 0.5) is 0 Å². The Hall–Kier alpha value is -1.77. The number of benzene rings is 2. The van der Waals surface area contributed by atoms with E-state index in [0.29, 0.717) is 0 Å². The van der Waals surface area contributed by atoms with Crippen LogP contribution in [0.2, 0.25) is 0 Å². The summed E-state index contributed by atoms with van der Waals surface area (Å²) in [6.07, 6.45) is 2.14. The molecular weight excluding hydrogens is 433 g/mol. The summed E-state index contributed by atoms with van der Waals surface area (Å²) in [6.45, 7) is 6.44. The van der Waals surface area contributed by atoms with Gasteiger partial charge in [-0.1, -0.05) is 45.0 Å². The maximum absolute atomic E-state index is 2.25. The molecule has 0 aliphatic heterocycles. The molecule has 0 aliphatic carbocycles. The van der Waals surface area contributed by atoms with Gasteiger partial charge in [0, 0.05) is 6.20 Å². The Morgan fingerprint density at radius 1 is 0.828 bits per heavy atom. The summed E-state index contributed by atoms with van der Waals surface area (Å²) >= 11 is 0. The van der Waals surface area contributed by atoms with Gasteiger partial charge in [0.2, 0.25) is 0 Å². The third-order valence-electron chi connectivity index (χ3n) is 5.25. The van der Waals surface area contributed by atoms with Crippen molar-refractivity contribution in [2.75, 3.05) is 0 Å². The Kier molecular flexibility index (Phi) is 9.46. The van der Waals surface area contributed by atoms with Crippen molar-refractivity contribution in [1.82, 2.24) is 4.57 Å². The molecule has 1 aromatic heterocycles. The molecule has 1 nitrogen and oxygen atoms in total. The summed E-state index contributed by atoms with van der Waals surface area (Å²) in [5.74, 6) is 0. The second-order valence-corrected chi connectivity index (χ2v) is 6.91. The maximum atomic E-state index is 2.25. The first-order chi connectivity index (χ1) is 12.6. The third kappa shape index (κ3) is 5.24. The Morgan fingerprint density at radius 2 is 1.48 bits per heavy atom. The summed E-state index contributed by atoms with van der Waals surface area (Å²) in [5.41, 5.74) is 6.74. The Balaban J connectivity index is 0.000000332. The van der Waals surface area contributed by atoms with Crippen LogP contribution in [-0.2, 0) is 21.7 Å². The number of fused-ring (bicyclic) bond motifs is 2. The molecule has 29 heavy (non-hydrogen) atoms. The van der Waals surface area contributed by atoms with E-state index in [1.165, 1.54) is 44.1 Å². The van der Waals surface area contributed by atoms with Gasteiger partial charge in [-0.25, -0.2) is 6.07 Å². The van der Waals surface area contributed by atoms with E-state index < -0.39 is 0 Å². The van der Waals surface area contributed by atoms with Gasteiger partial charge in [-0.2, -0.15) is 22.8 Å². The smallest absolute Gasteiger partial charge is 1.00 e. The van der Waals surface area contributed by atoms with E-state index in [1.807, 2.05) is 0 Å². The molecule has 0 N–H and O–H groups in total. The van der Waals surface area contributed by atoms with Crippen LogP contribution < -0.4 is 24.8 Å². The Labute approximate surface area is 200 Å². The molecule has 0 amide bonds. The first-order valence-electron chi connectivity index (χ1n) is 9.05. The Morgan fingerprint density at radius 3 is 2.07 bits per heavy atom. The van der Waals surface area contributed by atoms with Crippen LogP contribution >= 0.6 is 0 Å². The number of aryl methyl sites for hydroxylation is 2.